The van der Waals surface area contributed by atoms with Crippen LogP contribution < -0.4 is 5.32 Å². The van der Waals surface area contributed by atoms with Gasteiger partial charge >= 0.3 is 5.97 Å². The first-order valence-electron chi connectivity index (χ1n) is 12.4. The molecule has 33 heavy (non-hydrogen) atoms. The van der Waals surface area contributed by atoms with E-state index in [9.17, 15) is 9.59 Å². The highest BCUT2D eigenvalue weighted by Crippen LogP contribution is 2.42. The van der Waals surface area contributed by atoms with Crippen molar-refractivity contribution in [2.75, 3.05) is 31.5 Å². The number of hydrogen-bond acceptors (Lipinski definition) is 5. The summed E-state index contributed by atoms with van der Waals surface area (Å²) in [4.78, 5) is 26.5. The van der Waals surface area contributed by atoms with Gasteiger partial charge in [0.25, 0.3) is 5.91 Å². The Balaban J connectivity index is 1.31. The molecule has 4 heterocycles. The monoisotopic (exact) mass is 452 g/mol. The summed E-state index contributed by atoms with van der Waals surface area (Å²) in [7, 11) is 0. The predicted molar refractivity (Wildman–Crippen MR) is 123 cm³/mol. The number of aromatic nitrogens is 1. The zero-order valence-corrected chi connectivity index (χ0v) is 19.2. The Morgan fingerprint density at radius 2 is 1.79 bits per heavy atom. The van der Waals surface area contributed by atoms with Crippen LogP contribution in [0.2, 0.25) is 0 Å². The lowest BCUT2D eigenvalue weighted by atomic mass is 9.74. The molecule has 7 heteroatoms. The van der Waals surface area contributed by atoms with Gasteiger partial charge in [0.2, 0.25) is 0 Å². The van der Waals surface area contributed by atoms with E-state index in [1.807, 2.05) is 18.2 Å². The average Bonchev–Trinajstić information content (AvgIpc) is 3.20. The van der Waals surface area contributed by atoms with Crippen LogP contribution >= 0.6 is 0 Å². The van der Waals surface area contributed by atoms with Crippen molar-refractivity contribution in [3.8, 4) is 0 Å². The summed E-state index contributed by atoms with van der Waals surface area (Å²) < 4.78 is 11.9. The summed E-state index contributed by atoms with van der Waals surface area (Å²) in [6.07, 6.45) is 9.48. The molecule has 4 aliphatic rings. The molecule has 2 aromatic rings. The van der Waals surface area contributed by atoms with Crippen molar-refractivity contribution in [3.05, 3.63) is 48.2 Å². The second kappa shape index (κ2) is 9.29. The normalized spacial score (nSPS) is 28.6. The van der Waals surface area contributed by atoms with Crippen LogP contribution in [0, 0.1) is 5.92 Å². The van der Waals surface area contributed by atoms with E-state index in [1.165, 1.54) is 19.1 Å². The minimum atomic E-state index is -0.543. The Labute approximate surface area is 195 Å². The van der Waals surface area contributed by atoms with Gasteiger partial charge in [-0.05, 0) is 18.4 Å². The predicted octanol–water partition coefficient (Wildman–Crippen LogP) is 4.06. The summed E-state index contributed by atoms with van der Waals surface area (Å²) in [5.74, 6) is 0.704. The third-order valence-corrected chi connectivity index (χ3v) is 8.16. The van der Waals surface area contributed by atoms with E-state index in [1.54, 1.807) is 6.07 Å². The van der Waals surface area contributed by atoms with E-state index in [4.69, 9.17) is 9.26 Å². The molecule has 1 N–H and O–H groups in total. The third kappa shape index (κ3) is 4.56. The average molecular weight is 453 g/mol. The standard InChI is InChI=1S/C26H33N3O4/c30-24(27-23-12-17-32-28-23)19-29-15-10-20(11-16-29)22(18-29)33-25(31)26(13-6-1-2-7-14-26)21-8-4-3-5-9-21/h3-5,8-9,12,17,20,22H,1-2,6-7,10-11,13-16,18-19H2/p+1/t20?,22-,29?/m0/s1. The Hall–Kier alpha value is -2.67. The molecular formula is C26H34N3O4+. The van der Waals surface area contributed by atoms with Crippen LogP contribution in [0.4, 0.5) is 5.82 Å². The van der Waals surface area contributed by atoms with E-state index in [0.717, 1.165) is 57.2 Å². The molecule has 1 aliphatic carbocycles. The number of esters is 1. The van der Waals surface area contributed by atoms with Gasteiger partial charge in [-0.2, -0.15) is 0 Å². The molecule has 1 atom stereocenters. The number of quaternary nitrogens is 1. The van der Waals surface area contributed by atoms with Crippen molar-refractivity contribution < 1.29 is 23.3 Å². The van der Waals surface area contributed by atoms with Crippen LogP contribution in [-0.2, 0) is 19.7 Å². The molecule has 176 valence electrons. The highest BCUT2D eigenvalue weighted by Gasteiger charge is 2.51. The molecule has 4 fully saturated rings. The number of fused-ring (bicyclic) bond motifs is 3. The van der Waals surface area contributed by atoms with Gasteiger partial charge in [0.15, 0.2) is 18.5 Å². The number of carbonyl (C=O) groups is 2. The molecule has 3 aliphatic heterocycles. The smallest absolute Gasteiger partial charge is 0.317 e. The number of amides is 1. The van der Waals surface area contributed by atoms with Crippen LogP contribution in [0.15, 0.2) is 47.2 Å². The maximum atomic E-state index is 13.8. The third-order valence-electron chi connectivity index (χ3n) is 8.16. The number of ether oxygens (including phenoxy) is 1. The lowest BCUT2D eigenvalue weighted by molar-refractivity contribution is -0.939. The summed E-state index contributed by atoms with van der Waals surface area (Å²) in [6, 6.07) is 11.9. The summed E-state index contributed by atoms with van der Waals surface area (Å²) in [5.41, 5.74) is 0.549. The van der Waals surface area contributed by atoms with Gasteiger partial charge in [-0.15, -0.1) is 0 Å². The van der Waals surface area contributed by atoms with Crippen molar-refractivity contribution in [1.82, 2.24) is 5.16 Å². The molecule has 1 saturated carbocycles. The van der Waals surface area contributed by atoms with Crippen molar-refractivity contribution in [2.24, 2.45) is 5.92 Å². The summed E-state index contributed by atoms with van der Waals surface area (Å²) in [6.45, 7) is 2.99. The minimum absolute atomic E-state index is 0.0560. The zero-order valence-electron chi connectivity index (χ0n) is 19.2. The maximum absolute atomic E-state index is 13.8. The lowest BCUT2D eigenvalue weighted by Gasteiger charge is -2.52. The molecular weight excluding hydrogens is 418 g/mol. The van der Waals surface area contributed by atoms with E-state index in [0.29, 0.717) is 29.3 Å². The molecule has 0 radical (unpaired) electrons. The molecule has 0 unspecified atom stereocenters. The lowest BCUT2D eigenvalue weighted by Crippen LogP contribution is -2.66. The van der Waals surface area contributed by atoms with Crippen LogP contribution in [0.25, 0.3) is 0 Å². The van der Waals surface area contributed by atoms with Gasteiger partial charge in [-0.1, -0.05) is 61.2 Å². The Morgan fingerprint density at radius 3 is 2.45 bits per heavy atom. The van der Waals surface area contributed by atoms with E-state index in [-0.39, 0.29) is 18.0 Å². The maximum Gasteiger partial charge on any atom is 0.317 e. The Kier molecular flexibility index (Phi) is 6.23. The number of nitrogens with zero attached hydrogens (tertiary/aromatic N) is 2. The van der Waals surface area contributed by atoms with Crippen molar-refractivity contribution in [1.29, 1.82) is 0 Å². The van der Waals surface area contributed by atoms with Crippen molar-refractivity contribution in [2.45, 2.75) is 62.9 Å². The highest BCUT2D eigenvalue weighted by molar-refractivity contribution is 5.90. The fourth-order valence-corrected chi connectivity index (χ4v) is 6.29. The van der Waals surface area contributed by atoms with Gasteiger partial charge in [0.05, 0.1) is 18.5 Å². The molecule has 2 bridgehead atoms. The first-order valence-corrected chi connectivity index (χ1v) is 12.4. The second-order valence-electron chi connectivity index (χ2n) is 10.2. The van der Waals surface area contributed by atoms with E-state index < -0.39 is 5.41 Å². The van der Waals surface area contributed by atoms with Crippen LogP contribution in [0.5, 0.6) is 0 Å². The topological polar surface area (TPSA) is 81.4 Å². The number of carbonyl (C=O) groups excluding carboxylic acids is 2. The SMILES string of the molecule is O=C(C[N+]12CCC(CC1)[C@@H](OC(=O)C1(c3ccccc3)CCCCCC1)C2)Nc1ccon1. The van der Waals surface area contributed by atoms with Crippen LogP contribution in [0.1, 0.15) is 56.9 Å². The van der Waals surface area contributed by atoms with Gasteiger partial charge < -0.3 is 19.1 Å². The van der Waals surface area contributed by atoms with Crippen LogP contribution in [-0.4, -0.2) is 53.8 Å². The van der Waals surface area contributed by atoms with E-state index in [2.05, 4.69) is 22.6 Å². The first kappa shape index (κ1) is 22.1. The minimum Gasteiger partial charge on any atom is -0.455 e. The quantitative estimate of drug-likeness (QED) is 0.406. The number of nitrogens with one attached hydrogen (secondary N) is 1. The largest absolute Gasteiger partial charge is 0.455 e. The van der Waals surface area contributed by atoms with Gasteiger partial charge in [0.1, 0.15) is 12.8 Å². The Bertz CT molecular complexity index is 943. The highest BCUT2D eigenvalue weighted by atomic mass is 16.5. The molecule has 6 rings (SSSR count). The molecule has 1 aromatic heterocycles. The molecule has 1 aromatic carbocycles. The van der Waals surface area contributed by atoms with E-state index >= 15 is 0 Å². The van der Waals surface area contributed by atoms with Gasteiger partial charge in [-0.3, -0.25) is 9.59 Å². The molecule has 0 spiro atoms. The number of rotatable bonds is 6. The van der Waals surface area contributed by atoms with Gasteiger partial charge in [-0.25, -0.2) is 0 Å². The summed E-state index contributed by atoms with van der Waals surface area (Å²) in [5, 5.41) is 6.59. The fourth-order valence-electron chi connectivity index (χ4n) is 6.29. The number of benzene rings is 1. The van der Waals surface area contributed by atoms with Crippen LogP contribution in [0.3, 0.4) is 0 Å². The van der Waals surface area contributed by atoms with Gasteiger partial charge in [0, 0.05) is 24.8 Å². The number of hydrogen-bond donors (Lipinski definition) is 1. The molecule has 3 saturated heterocycles. The molecule has 1 amide bonds. The van der Waals surface area contributed by atoms with Crippen molar-refractivity contribution in [3.63, 3.8) is 0 Å². The first-order chi connectivity index (χ1) is 16.1. The second-order valence-corrected chi connectivity index (χ2v) is 10.2. The summed E-state index contributed by atoms with van der Waals surface area (Å²) >= 11 is 0. The molecule has 7 nitrogen and oxygen atoms in total. The fraction of sp³-hybridized carbons (Fsp3) is 0.577. The zero-order chi connectivity index (χ0) is 22.7. The Morgan fingerprint density at radius 1 is 1.06 bits per heavy atom. The number of piperidine rings is 3. The van der Waals surface area contributed by atoms with Crippen molar-refractivity contribution >= 4 is 17.7 Å². The number of anilines is 1.